The highest BCUT2D eigenvalue weighted by Gasteiger charge is 2.67. The van der Waals surface area contributed by atoms with E-state index in [-0.39, 0.29) is 47.9 Å². The Morgan fingerprint density at radius 2 is 1.77 bits per heavy atom. The molecule has 6 rings (SSSR count). The largest absolute Gasteiger partial charge is 0.324 e. The van der Waals surface area contributed by atoms with Crippen LogP contribution in [0.3, 0.4) is 0 Å². The van der Waals surface area contributed by atoms with Crippen LogP contribution in [0.2, 0.25) is 5.02 Å². The molecule has 6 heteroatoms. The molecule has 26 heavy (non-hydrogen) atoms. The average Bonchev–Trinajstić information content (AvgIpc) is 3.39. The van der Waals surface area contributed by atoms with Crippen LogP contribution in [0.1, 0.15) is 12.0 Å². The zero-order chi connectivity index (χ0) is 18.2. The number of hydrogen-bond donors (Lipinski definition) is 1. The maximum atomic E-state index is 12.9. The molecule has 0 unspecified atom stereocenters. The fraction of sp³-hybridized carbons (Fsp3) is 0.450. The molecule has 2 bridgehead atoms. The van der Waals surface area contributed by atoms with Crippen LogP contribution >= 0.6 is 11.6 Å². The highest BCUT2D eigenvalue weighted by Crippen LogP contribution is 2.65. The highest BCUT2D eigenvalue weighted by atomic mass is 35.5. The van der Waals surface area contributed by atoms with E-state index in [0.717, 1.165) is 16.9 Å². The molecule has 2 saturated carbocycles. The van der Waals surface area contributed by atoms with Gasteiger partial charge in [0.05, 0.1) is 11.8 Å². The zero-order valence-electron chi connectivity index (χ0n) is 14.3. The molecule has 3 amide bonds. The molecule has 5 nitrogen and oxygen atoms in total. The van der Waals surface area contributed by atoms with Crippen LogP contribution in [0.4, 0.5) is 5.69 Å². The quantitative estimate of drug-likeness (QED) is 0.657. The van der Waals surface area contributed by atoms with Crippen molar-refractivity contribution in [2.75, 3.05) is 11.9 Å². The molecule has 134 valence electrons. The molecule has 1 aromatic rings. The maximum absolute atomic E-state index is 12.9. The zero-order valence-corrected chi connectivity index (χ0v) is 15.1. The van der Waals surface area contributed by atoms with Crippen LogP contribution in [-0.4, -0.2) is 29.2 Å². The van der Waals surface area contributed by atoms with Crippen molar-refractivity contribution in [2.24, 2.45) is 35.5 Å². The number of likely N-dealkylation sites (tertiary alicyclic amines) is 1. The van der Waals surface area contributed by atoms with Crippen LogP contribution in [0.15, 0.2) is 30.4 Å². The van der Waals surface area contributed by atoms with E-state index in [4.69, 9.17) is 11.6 Å². The van der Waals surface area contributed by atoms with Gasteiger partial charge in [0.15, 0.2) is 0 Å². The van der Waals surface area contributed by atoms with Gasteiger partial charge in [0.1, 0.15) is 6.54 Å². The van der Waals surface area contributed by atoms with E-state index in [1.165, 1.54) is 0 Å². The fourth-order valence-corrected chi connectivity index (χ4v) is 5.37. The van der Waals surface area contributed by atoms with E-state index in [1.807, 2.05) is 13.0 Å². The van der Waals surface area contributed by atoms with Gasteiger partial charge in [0.25, 0.3) is 0 Å². The van der Waals surface area contributed by atoms with E-state index in [2.05, 4.69) is 17.5 Å². The number of benzene rings is 1. The van der Waals surface area contributed by atoms with Gasteiger partial charge in [0.2, 0.25) is 17.7 Å². The van der Waals surface area contributed by atoms with Gasteiger partial charge in [-0.3, -0.25) is 19.3 Å². The van der Waals surface area contributed by atoms with Gasteiger partial charge < -0.3 is 5.32 Å². The summed E-state index contributed by atoms with van der Waals surface area (Å²) >= 11 is 6.08. The Bertz CT molecular complexity index is 844. The molecule has 1 N–H and O–H groups in total. The van der Waals surface area contributed by atoms with E-state index >= 15 is 0 Å². The van der Waals surface area contributed by atoms with E-state index in [9.17, 15) is 14.4 Å². The van der Waals surface area contributed by atoms with Crippen molar-refractivity contribution in [3.05, 3.63) is 40.9 Å². The number of hydrogen-bond acceptors (Lipinski definition) is 3. The normalized spacial score (nSPS) is 36.2. The number of nitrogens with zero attached hydrogens (tertiary/aromatic N) is 1. The lowest BCUT2D eigenvalue weighted by molar-refractivity contribution is -0.142. The molecule has 0 aromatic heterocycles. The standard InChI is InChI=1S/C20H19ClN2O3/c1-9-2-3-10(6-15(9)21)22-16(24)8-23-19(25)17-11-4-5-12(14-7-13(11)14)18(17)20(23)26/h2-6,11-14,17-18H,7-8H2,1H3,(H,22,24)/t11-,12-,13-,14-,17+,18+/m0/s1. The number of allylic oxidation sites excluding steroid dienone is 2. The second kappa shape index (κ2) is 5.43. The molecule has 1 aliphatic heterocycles. The summed E-state index contributed by atoms with van der Waals surface area (Å²) in [6.45, 7) is 1.65. The topological polar surface area (TPSA) is 66.5 Å². The molecule has 1 aromatic carbocycles. The molecule has 1 saturated heterocycles. The Hall–Kier alpha value is -2.14. The minimum atomic E-state index is -0.379. The molecular weight excluding hydrogens is 352 g/mol. The first-order valence-corrected chi connectivity index (χ1v) is 9.43. The number of carbonyl (C=O) groups is 3. The van der Waals surface area contributed by atoms with Crippen molar-refractivity contribution in [2.45, 2.75) is 13.3 Å². The third-order valence-electron chi connectivity index (χ3n) is 6.51. The third kappa shape index (κ3) is 2.19. The van der Waals surface area contributed by atoms with Crippen molar-refractivity contribution in [1.82, 2.24) is 4.90 Å². The summed E-state index contributed by atoms with van der Waals surface area (Å²) in [6.07, 6.45) is 5.39. The molecule has 0 spiro atoms. The van der Waals surface area contributed by atoms with Gasteiger partial charge in [-0.2, -0.15) is 0 Å². The summed E-state index contributed by atoms with van der Waals surface area (Å²) in [5.74, 6) is 0.217. The van der Waals surface area contributed by atoms with Gasteiger partial charge in [0, 0.05) is 10.7 Å². The average molecular weight is 371 g/mol. The van der Waals surface area contributed by atoms with Gasteiger partial charge in [-0.25, -0.2) is 0 Å². The molecule has 1 heterocycles. The fourth-order valence-electron chi connectivity index (χ4n) is 5.19. The number of anilines is 1. The number of nitrogens with one attached hydrogen (secondary N) is 1. The summed E-state index contributed by atoms with van der Waals surface area (Å²) in [7, 11) is 0. The van der Waals surface area contributed by atoms with Gasteiger partial charge in [-0.15, -0.1) is 0 Å². The minimum absolute atomic E-state index is 0.176. The van der Waals surface area contributed by atoms with Gasteiger partial charge in [-0.05, 0) is 54.7 Å². The summed E-state index contributed by atoms with van der Waals surface area (Å²) in [6, 6.07) is 5.23. The summed E-state index contributed by atoms with van der Waals surface area (Å²) < 4.78 is 0. The van der Waals surface area contributed by atoms with E-state index in [1.54, 1.807) is 12.1 Å². The third-order valence-corrected chi connectivity index (χ3v) is 6.92. The van der Waals surface area contributed by atoms with Crippen LogP contribution in [0.5, 0.6) is 0 Å². The van der Waals surface area contributed by atoms with Crippen LogP contribution < -0.4 is 5.32 Å². The van der Waals surface area contributed by atoms with Crippen molar-refractivity contribution in [1.29, 1.82) is 0 Å². The Kier molecular flexibility index (Phi) is 3.35. The van der Waals surface area contributed by atoms with Crippen molar-refractivity contribution in [3.8, 4) is 0 Å². The van der Waals surface area contributed by atoms with Gasteiger partial charge >= 0.3 is 0 Å². The number of carbonyl (C=O) groups excluding carboxylic acids is 3. The number of aryl methyl sites for hydroxylation is 1. The van der Waals surface area contributed by atoms with Crippen molar-refractivity contribution in [3.63, 3.8) is 0 Å². The molecule has 3 fully saturated rings. The molecular formula is C20H19ClN2O3. The maximum Gasteiger partial charge on any atom is 0.244 e. The summed E-state index contributed by atoms with van der Waals surface area (Å²) in [5.41, 5.74) is 1.48. The lowest BCUT2D eigenvalue weighted by atomic mass is 9.63. The Balaban J connectivity index is 1.32. The predicted molar refractivity (Wildman–Crippen MR) is 96.2 cm³/mol. The second-order valence-corrected chi connectivity index (χ2v) is 8.34. The first kappa shape index (κ1) is 16.1. The smallest absolute Gasteiger partial charge is 0.244 e. The molecule has 0 radical (unpaired) electrons. The first-order chi connectivity index (χ1) is 12.5. The monoisotopic (exact) mass is 370 g/mol. The Labute approximate surface area is 156 Å². The molecule has 6 atom stereocenters. The van der Waals surface area contributed by atoms with E-state index < -0.39 is 0 Å². The lowest BCUT2D eigenvalue weighted by Gasteiger charge is -2.37. The lowest BCUT2D eigenvalue weighted by Crippen LogP contribution is -2.40. The summed E-state index contributed by atoms with van der Waals surface area (Å²) in [5, 5.41) is 3.29. The van der Waals surface area contributed by atoms with Crippen LogP contribution in [-0.2, 0) is 14.4 Å². The molecule has 4 aliphatic carbocycles. The van der Waals surface area contributed by atoms with Crippen LogP contribution in [0, 0.1) is 42.4 Å². The number of amides is 3. The van der Waals surface area contributed by atoms with Gasteiger partial charge in [-0.1, -0.05) is 29.8 Å². The van der Waals surface area contributed by atoms with Crippen molar-refractivity contribution < 1.29 is 14.4 Å². The minimum Gasteiger partial charge on any atom is -0.324 e. The summed E-state index contributed by atoms with van der Waals surface area (Å²) in [4.78, 5) is 39.3. The second-order valence-electron chi connectivity index (χ2n) is 7.93. The Morgan fingerprint density at radius 1 is 1.15 bits per heavy atom. The number of imide groups is 1. The SMILES string of the molecule is Cc1ccc(NC(=O)CN2C(=O)[C@@H]3[C@H]4C=C[C@@H]([C@@H]5C[C@@H]45)[C@H]3C2=O)cc1Cl. The first-order valence-electron chi connectivity index (χ1n) is 9.05. The highest BCUT2D eigenvalue weighted by molar-refractivity contribution is 6.31. The number of rotatable bonds is 3. The number of halogens is 1. The van der Waals surface area contributed by atoms with Crippen molar-refractivity contribution >= 4 is 35.0 Å². The Morgan fingerprint density at radius 3 is 2.35 bits per heavy atom. The van der Waals surface area contributed by atoms with Crippen LogP contribution in [0.25, 0.3) is 0 Å². The molecule has 5 aliphatic rings. The van der Waals surface area contributed by atoms with E-state index in [0.29, 0.717) is 22.5 Å². The predicted octanol–water partition coefficient (Wildman–Crippen LogP) is 2.64.